The van der Waals surface area contributed by atoms with E-state index in [2.05, 4.69) is 24.6 Å². The zero-order valence-electron chi connectivity index (χ0n) is 13.7. The summed E-state index contributed by atoms with van der Waals surface area (Å²) in [6.45, 7) is 0. The first kappa shape index (κ1) is 18.6. The smallest absolute Gasteiger partial charge is 0.186 e. The number of hydrogen-bond donors (Lipinski definition) is 0. The normalized spacial score (nSPS) is 10.5. The Kier molecular flexibility index (Phi) is 6.46. The van der Waals surface area contributed by atoms with Crippen LogP contribution in [0.1, 0.15) is 5.56 Å². The van der Waals surface area contributed by atoms with E-state index < -0.39 is 0 Å². The van der Waals surface area contributed by atoms with Crippen molar-refractivity contribution in [3.8, 4) is 22.6 Å². The fraction of sp³-hybridized carbons (Fsp3) is 0.150. The van der Waals surface area contributed by atoms with Crippen LogP contribution < -0.4 is 22.4 Å². The molecular weight excluding hydrogens is 384 g/mol. The molecule has 0 unspecified atom stereocenters. The molecule has 2 nitrogen and oxygen atoms in total. The first-order chi connectivity index (χ1) is 11.1. The van der Waals surface area contributed by atoms with Crippen LogP contribution in [-0.2, 0) is 16.6 Å². The van der Waals surface area contributed by atoms with E-state index in [1.54, 1.807) is 6.07 Å². The minimum atomic E-state index is -0.0437. The maximum Gasteiger partial charge on any atom is 0.186 e. The first-order valence-electron chi connectivity index (χ1n) is 7.46. The fourth-order valence-corrected chi connectivity index (χ4v) is 3.32. The van der Waals surface area contributed by atoms with Gasteiger partial charge >= 0.3 is 0 Å². The summed E-state index contributed by atoms with van der Waals surface area (Å²) in [5.74, 6) is 2.28. The van der Waals surface area contributed by atoms with Crippen LogP contribution in [0.3, 0.4) is 0 Å². The van der Waals surface area contributed by atoms with Gasteiger partial charge in [-0.25, -0.2) is 0 Å². The largest absolute Gasteiger partial charge is 1.00 e. The van der Waals surface area contributed by atoms with Gasteiger partial charge in [0.15, 0.2) is 5.43 Å². The predicted molar refractivity (Wildman–Crippen MR) is 98.8 cm³/mol. The first-order valence-corrected chi connectivity index (χ1v) is 9.67. The Balaban J connectivity index is 0.00000208. The molecule has 0 aliphatic carbocycles. The summed E-state index contributed by atoms with van der Waals surface area (Å²) in [6.07, 6.45) is 4.46. The van der Waals surface area contributed by atoms with Crippen molar-refractivity contribution in [2.45, 2.75) is 5.75 Å². The second-order valence-electron chi connectivity index (χ2n) is 5.71. The maximum absolute atomic E-state index is 12.0. The highest BCUT2D eigenvalue weighted by atomic mass is 79.9. The summed E-state index contributed by atoms with van der Waals surface area (Å²) < 4.78 is 5.95. The van der Waals surface area contributed by atoms with Crippen LogP contribution in [0.25, 0.3) is 22.6 Å². The van der Waals surface area contributed by atoms with E-state index in [1.165, 1.54) is 11.6 Å². The molecule has 0 saturated heterocycles. The predicted octanol–water partition coefficient (Wildman–Crippen LogP) is 1.36. The molecule has 0 aliphatic heterocycles. The van der Waals surface area contributed by atoms with Crippen molar-refractivity contribution in [3.05, 3.63) is 82.5 Å². The Labute approximate surface area is 155 Å². The van der Waals surface area contributed by atoms with Crippen LogP contribution in [0.15, 0.2) is 75.9 Å². The molecule has 0 aliphatic rings. The third-order valence-electron chi connectivity index (χ3n) is 3.52. The maximum atomic E-state index is 12.0. The number of benzene rings is 2. The van der Waals surface area contributed by atoms with Gasteiger partial charge in [-0.15, -0.1) is 0 Å². The standard InChI is InChI=1S/C20H19O2S.BrH/c1-23(2)14-15-8-10-17(11-9-15)20-13-18(21)12-19(22-20)16-6-4-3-5-7-16;/h3-13H,14H2,1-2H3;1H/q+1;/p-1. The van der Waals surface area contributed by atoms with E-state index in [4.69, 9.17) is 4.42 Å². The number of rotatable bonds is 4. The van der Waals surface area contributed by atoms with Gasteiger partial charge in [-0.3, -0.25) is 4.79 Å². The van der Waals surface area contributed by atoms with Crippen molar-refractivity contribution in [2.75, 3.05) is 12.5 Å². The molecule has 0 radical (unpaired) electrons. The molecule has 0 spiro atoms. The number of halogens is 1. The topological polar surface area (TPSA) is 30.2 Å². The SMILES string of the molecule is C[S+](C)Cc1ccc(-c2cc(=O)cc(-c3ccccc3)o2)cc1.[Br-]. The van der Waals surface area contributed by atoms with Gasteiger partial charge in [0.05, 0.1) is 12.5 Å². The second kappa shape index (κ2) is 8.36. The van der Waals surface area contributed by atoms with Crippen LogP contribution >= 0.6 is 0 Å². The summed E-state index contributed by atoms with van der Waals surface area (Å²) in [4.78, 5) is 12.0. The highest BCUT2D eigenvalue weighted by molar-refractivity contribution is 7.94. The highest BCUT2D eigenvalue weighted by Crippen LogP contribution is 2.25. The molecule has 1 aromatic heterocycles. The van der Waals surface area contributed by atoms with E-state index in [1.807, 2.05) is 42.5 Å². The van der Waals surface area contributed by atoms with E-state index in [0.717, 1.165) is 16.9 Å². The van der Waals surface area contributed by atoms with Gasteiger partial charge in [0.2, 0.25) is 0 Å². The summed E-state index contributed by atoms with van der Waals surface area (Å²) >= 11 is 0. The monoisotopic (exact) mass is 402 g/mol. The van der Waals surface area contributed by atoms with Crippen LogP contribution in [0.5, 0.6) is 0 Å². The summed E-state index contributed by atoms with van der Waals surface area (Å²) in [6, 6.07) is 21.0. The Morgan fingerprint density at radius 1 is 0.833 bits per heavy atom. The van der Waals surface area contributed by atoms with Crippen LogP contribution in [0, 0.1) is 0 Å². The average Bonchev–Trinajstić information content (AvgIpc) is 2.55. The molecule has 3 aromatic rings. The van der Waals surface area contributed by atoms with Gasteiger partial charge in [-0.1, -0.05) is 54.6 Å². The summed E-state index contributed by atoms with van der Waals surface area (Å²) in [7, 11) is 0.377. The lowest BCUT2D eigenvalue weighted by atomic mass is 10.1. The molecule has 4 heteroatoms. The quantitative estimate of drug-likeness (QED) is 0.616. The summed E-state index contributed by atoms with van der Waals surface area (Å²) in [5, 5.41) is 0. The van der Waals surface area contributed by atoms with Gasteiger partial charge in [-0.2, -0.15) is 0 Å². The van der Waals surface area contributed by atoms with Gasteiger partial charge in [-0.05, 0) is 10.9 Å². The molecule has 2 aromatic carbocycles. The molecule has 0 N–H and O–H groups in total. The minimum Gasteiger partial charge on any atom is -1.00 e. The van der Waals surface area contributed by atoms with Gasteiger partial charge in [0.25, 0.3) is 0 Å². The highest BCUT2D eigenvalue weighted by Gasteiger charge is 2.09. The Morgan fingerprint density at radius 2 is 1.38 bits per heavy atom. The third kappa shape index (κ3) is 4.62. The molecule has 0 fully saturated rings. The van der Waals surface area contributed by atoms with Crippen molar-refractivity contribution >= 4 is 10.9 Å². The lowest BCUT2D eigenvalue weighted by Gasteiger charge is -2.06. The summed E-state index contributed by atoms with van der Waals surface area (Å²) in [5.41, 5.74) is 3.10. The van der Waals surface area contributed by atoms with Crippen LogP contribution in [0.4, 0.5) is 0 Å². The lowest BCUT2D eigenvalue weighted by molar-refractivity contribution is -0.00000526. The molecular formula is C20H19BrO2S. The van der Waals surface area contributed by atoms with Crippen molar-refractivity contribution in [3.63, 3.8) is 0 Å². The average molecular weight is 403 g/mol. The van der Waals surface area contributed by atoms with Crippen molar-refractivity contribution in [1.82, 2.24) is 0 Å². The molecule has 0 amide bonds. The van der Waals surface area contributed by atoms with Gasteiger partial charge in [0, 0.05) is 28.8 Å². The van der Waals surface area contributed by atoms with Gasteiger partial charge < -0.3 is 21.4 Å². The zero-order chi connectivity index (χ0) is 16.2. The number of hydrogen-bond acceptors (Lipinski definition) is 2. The molecule has 124 valence electrons. The second-order valence-corrected chi connectivity index (χ2v) is 7.97. The van der Waals surface area contributed by atoms with Crippen molar-refractivity contribution in [1.29, 1.82) is 0 Å². The van der Waals surface area contributed by atoms with E-state index in [0.29, 0.717) is 22.4 Å². The molecule has 24 heavy (non-hydrogen) atoms. The van der Waals surface area contributed by atoms with E-state index in [-0.39, 0.29) is 22.4 Å². The molecule has 0 atom stereocenters. The third-order valence-corrected chi connectivity index (χ3v) is 4.43. The van der Waals surface area contributed by atoms with Crippen molar-refractivity contribution < 1.29 is 21.4 Å². The Morgan fingerprint density at radius 3 is 1.92 bits per heavy atom. The Bertz CT molecular complexity index is 840. The fourth-order valence-electron chi connectivity index (χ4n) is 2.46. The van der Waals surface area contributed by atoms with Crippen molar-refractivity contribution in [2.24, 2.45) is 0 Å². The molecule has 3 rings (SSSR count). The van der Waals surface area contributed by atoms with E-state index >= 15 is 0 Å². The molecule has 0 saturated carbocycles. The minimum absolute atomic E-state index is 0. The Hall–Kier alpha value is -1.78. The lowest BCUT2D eigenvalue weighted by Crippen LogP contribution is -3.00. The van der Waals surface area contributed by atoms with E-state index in [9.17, 15) is 4.79 Å². The zero-order valence-corrected chi connectivity index (χ0v) is 16.1. The van der Waals surface area contributed by atoms with Crippen LogP contribution in [-0.4, -0.2) is 12.5 Å². The van der Waals surface area contributed by atoms with Crippen LogP contribution in [0.2, 0.25) is 0 Å². The van der Waals surface area contributed by atoms with Gasteiger partial charge in [0.1, 0.15) is 17.3 Å². The molecule has 1 heterocycles. The molecule has 0 bridgehead atoms.